The van der Waals surface area contributed by atoms with Crippen LogP contribution in [0.1, 0.15) is 22.3 Å². The second-order valence-electron chi connectivity index (χ2n) is 10.5. The highest BCUT2D eigenvalue weighted by Gasteiger charge is 2.37. The number of hydrogen-bond donors (Lipinski definition) is 0. The topological polar surface area (TPSA) is 36.9 Å². The van der Waals surface area contributed by atoms with Gasteiger partial charge < -0.3 is 18.9 Å². The Labute approximate surface area is 253 Å². The first-order valence-corrected chi connectivity index (χ1v) is 14.6. The van der Waals surface area contributed by atoms with E-state index in [0.717, 1.165) is 22.3 Å². The molecular weight excluding hydrogens is 532 g/mol. The van der Waals surface area contributed by atoms with Gasteiger partial charge in [0.15, 0.2) is 11.9 Å². The van der Waals surface area contributed by atoms with Gasteiger partial charge in [-0.1, -0.05) is 121 Å². The Balaban J connectivity index is 1.23. The third-order valence-electron chi connectivity index (χ3n) is 7.32. The zero-order valence-electron chi connectivity index (χ0n) is 24.0. The van der Waals surface area contributed by atoms with Crippen LogP contribution in [0.3, 0.4) is 0 Å². The predicted octanol–water partition coefficient (Wildman–Crippen LogP) is 7.86. The van der Waals surface area contributed by atoms with E-state index in [1.165, 1.54) is 10.8 Å². The van der Waals surface area contributed by atoms with Gasteiger partial charge in [-0.05, 0) is 57.7 Å². The fraction of sp³-hybridized carbons (Fsp3) is 0.179. The van der Waals surface area contributed by atoms with Crippen molar-refractivity contribution in [2.45, 2.75) is 38.1 Å². The highest BCUT2D eigenvalue weighted by molar-refractivity contribution is 5.82. The van der Waals surface area contributed by atoms with Crippen LogP contribution in [0.4, 0.5) is 0 Å². The van der Waals surface area contributed by atoms with Crippen molar-refractivity contribution >= 4 is 10.8 Å². The fourth-order valence-electron chi connectivity index (χ4n) is 5.08. The van der Waals surface area contributed by atoms with Gasteiger partial charge in [-0.2, -0.15) is 0 Å². The Bertz CT molecular complexity index is 1690. The molecule has 3 atom stereocenters. The summed E-state index contributed by atoms with van der Waals surface area (Å²) in [7, 11) is 0. The summed E-state index contributed by atoms with van der Waals surface area (Å²) in [6.45, 7) is 1.65. The highest BCUT2D eigenvalue weighted by atomic mass is 16.6. The van der Waals surface area contributed by atoms with E-state index in [1.54, 1.807) is 0 Å². The van der Waals surface area contributed by atoms with Crippen LogP contribution in [-0.4, -0.2) is 24.9 Å². The van der Waals surface area contributed by atoms with E-state index >= 15 is 0 Å². The molecule has 43 heavy (non-hydrogen) atoms. The van der Waals surface area contributed by atoms with E-state index in [9.17, 15) is 0 Å². The lowest BCUT2D eigenvalue weighted by Gasteiger charge is -2.36. The van der Waals surface area contributed by atoms with Gasteiger partial charge in [0.05, 0.1) is 26.4 Å². The maximum Gasteiger partial charge on any atom is 0.169 e. The maximum absolute atomic E-state index is 6.53. The molecule has 0 fully saturated rings. The van der Waals surface area contributed by atoms with Gasteiger partial charge in [-0.3, -0.25) is 0 Å². The van der Waals surface area contributed by atoms with E-state index < -0.39 is 12.2 Å². The number of rotatable bonds is 10. The van der Waals surface area contributed by atoms with Crippen LogP contribution >= 0.6 is 0 Å². The van der Waals surface area contributed by atoms with Crippen molar-refractivity contribution in [2.24, 2.45) is 0 Å². The third-order valence-corrected chi connectivity index (χ3v) is 7.32. The molecule has 5 aromatic rings. The van der Waals surface area contributed by atoms with E-state index in [0.29, 0.717) is 32.2 Å². The molecule has 1 heterocycles. The molecule has 0 saturated carbocycles. The summed E-state index contributed by atoms with van der Waals surface area (Å²) >= 11 is 0. The first-order valence-electron chi connectivity index (χ1n) is 14.6. The highest BCUT2D eigenvalue weighted by Crippen LogP contribution is 2.26. The molecule has 0 saturated heterocycles. The lowest BCUT2D eigenvalue weighted by atomic mass is 10.0. The van der Waals surface area contributed by atoms with E-state index in [1.807, 2.05) is 72.8 Å². The smallest absolute Gasteiger partial charge is 0.169 e. The predicted molar refractivity (Wildman–Crippen MR) is 170 cm³/mol. The van der Waals surface area contributed by atoms with Crippen LogP contribution in [0.25, 0.3) is 10.8 Å². The Morgan fingerprint density at radius 2 is 1.19 bits per heavy atom. The quantitative estimate of drug-likeness (QED) is 0.161. The molecule has 0 unspecified atom stereocenters. The van der Waals surface area contributed by atoms with Gasteiger partial charge in [0.2, 0.25) is 0 Å². The second-order valence-corrected chi connectivity index (χ2v) is 10.5. The molecule has 5 aromatic carbocycles. The normalized spacial score (nSPS) is 17.9. The summed E-state index contributed by atoms with van der Waals surface area (Å²) in [5.74, 6) is 6.99. The molecule has 0 aliphatic carbocycles. The summed E-state index contributed by atoms with van der Waals surface area (Å²) < 4.78 is 25.8. The molecule has 4 heteroatoms. The molecule has 0 radical (unpaired) electrons. The minimum absolute atomic E-state index is 0.321. The van der Waals surface area contributed by atoms with Crippen molar-refractivity contribution in [1.82, 2.24) is 0 Å². The van der Waals surface area contributed by atoms with Crippen molar-refractivity contribution < 1.29 is 18.9 Å². The minimum Gasteiger partial charge on any atom is -0.477 e. The molecule has 6 rings (SSSR count). The van der Waals surface area contributed by atoms with Gasteiger partial charge in [-0.25, -0.2) is 0 Å². The van der Waals surface area contributed by atoms with Crippen LogP contribution in [0.15, 0.2) is 145 Å². The summed E-state index contributed by atoms with van der Waals surface area (Å²) in [4.78, 5) is 0. The Morgan fingerprint density at radius 1 is 0.558 bits per heavy atom. The number of ether oxygens (including phenoxy) is 4. The van der Waals surface area contributed by atoms with Crippen LogP contribution < -0.4 is 0 Å². The van der Waals surface area contributed by atoms with E-state index in [-0.39, 0.29) is 6.10 Å². The lowest BCUT2D eigenvalue weighted by Crippen LogP contribution is -2.47. The summed E-state index contributed by atoms with van der Waals surface area (Å²) in [5, 5.41) is 2.40. The molecular formula is C39H34O4. The van der Waals surface area contributed by atoms with Gasteiger partial charge in [-0.15, -0.1) is 0 Å². The van der Waals surface area contributed by atoms with E-state index in [4.69, 9.17) is 18.9 Å². The zero-order chi connectivity index (χ0) is 29.1. The molecule has 4 nitrogen and oxygen atoms in total. The van der Waals surface area contributed by atoms with Crippen LogP contribution in [0.5, 0.6) is 0 Å². The summed E-state index contributed by atoms with van der Waals surface area (Å²) in [5.41, 5.74) is 4.19. The number of benzene rings is 5. The van der Waals surface area contributed by atoms with Crippen LogP contribution in [-0.2, 0) is 38.8 Å². The van der Waals surface area contributed by atoms with Gasteiger partial charge >= 0.3 is 0 Å². The first-order chi connectivity index (χ1) is 21.3. The Hall–Kier alpha value is -4.66. The summed E-state index contributed by atoms with van der Waals surface area (Å²) in [6, 6.07) is 44.9. The molecule has 0 spiro atoms. The molecule has 214 valence electrons. The average molecular weight is 567 g/mol. The average Bonchev–Trinajstić information content (AvgIpc) is 3.07. The third kappa shape index (κ3) is 8.00. The first kappa shape index (κ1) is 28.5. The SMILES string of the molecule is C(#Cc1ccccc1)C1=C[C@@H](OCc2ccccc2)[C@H](OCc2ccccc2)[C@@H](COCc2ccc3ccccc3c2)O1. The molecule has 0 bridgehead atoms. The molecule has 1 aliphatic heterocycles. The number of hydrogen-bond acceptors (Lipinski definition) is 4. The molecule has 0 amide bonds. The molecule has 0 aromatic heterocycles. The fourth-order valence-corrected chi connectivity index (χ4v) is 5.08. The van der Waals surface area contributed by atoms with Crippen molar-refractivity contribution in [2.75, 3.05) is 6.61 Å². The minimum atomic E-state index is -0.421. The standard InChI is InChI=1S/C39H34O4/c1-4-12-30(13-5-1)21-23-36-25-37(41-27-31-14-6-2-7-15-31)39(42-28-32-16-8-3-9-17-32)38(43-36)29-40-26-33-20-22-34-18-10-11-19-35(34)24-33/h1-20,22,24-25,37-39H,26-29H2/t37-,38-,39+/m1/s1. The number of allylic oxidation sites excluding steroid dienone is 1. The molecule has 1 aliphatic rings. The Kier molecular flexibility index (Phi) is 9.59. The second kappa shape index (κ2) is 14.5. The van der Waals surface area contributed by atoms with Crippen LogP contribution in [0.2, 0.25) is 0 Å². The molecule has 0 N–H and O–H groups in total. The van der Waals surface area contributed by atoms with Crippen molar-refractivity contribution in [1.29, 1.82) is 0 Å². The zero-order valence-corrected chi connectivity index (χ0v) is 24.0. The van der Waals surface area contributed by atoms with Gasteiger partial charge in [0, 0.05) is 5.56 Å². The number of fused-ring (bicyclic) bond motifs is 1. The van der Waals surface area contributed by atoms with Gasteiger partial charge in [0.1, 0.15) is 12.2 Å². The van der Waals surface area contributed by atoms with E-state index in [2.05, 4.69) is 78.6 Å². The van der Waals surface area contributed by atoms with Crippen LogP contribution in [0, 0.1) is 11.8 Å². The largest absolute Gasteiger partial charge is 0.477 e. The maximum atomic E-state index is 6.53. The Morgan fingerprint density at radius 3 is 1.91 bits per heavy atom. The lowest BCUT2D eigenvalue weighted by molar-refractivity contribution is -0.151. The van der Waals surface area contributed by atoms with Gasteiger partial charge in [0.25, 0.3) is 0 Å². The van der Waals surface area contributed by atoms with Crippen molar-refractivity contribution in [3.8, 4) is 11.8 Å². The van der Waals surface area contributed by atoms with Crippen molar-refractivity contribution in [3.05, 3.63) is 168 Å². The monoisotopic (exact) mass is 566 g/mol. The van der Waals surface area contributed by atoms with Crippen molar-refractivity contribution in [3.63, 3.8) is 0 Å². The summed E-state index contributed by atoms with van der Waals surface area (Å²) in [6.07, 6.45) is 0.735.